The van der Waals surface area contributed by atoms with Gasteiger partial charge in [-0.2, -0.15) is 11.8 Å². The third kappa shape index (κ3) is 2.87. The summed E-state index contributed by atoms with van der Waals surface area (Å²) in [7, 11) is 0. The predicted octanol–water partition coefficient (Wildman–Crippen LogP) is 2.18. The second kappa shape index (κ2) is 6.25. The Morgan fingerprint density at radius 2 is 2.22 bits per heavy atom. The Balaban J connectivity index is 2.11. The van der Waals surface area contributed by atoms with Crippen LogP contribution in [0.15, 0.2) is 24.3 Å². The summed E-state index contributed by atoms with van der Waals surface area (Å²) in [5.41, 5.74) is 2.45. The number of benzene rings is 1. The van der Waals surface area contributed by atoms with Gasteiger partial charge in [-0.05, 0) is 36.5 Å². The first-order chi connectivity index (χ1) is 8.74. The minimum absolute atomic E-state index is 0.0561. The first kappa shape index (κ1) is 13.4. The van der Waals surface area contributed by atoms with Gasteiger partial charge >= 0.3 is 0 Å². The average molecular weight is 264 g/mol. The molecule has 1 heterocycles. The fourth-order valence-corrected chi connectivity index (χ4v) is 2.76. The van der Waals surface area contributed by atoms with Crippen molar-refractivity contribution in [2.24, 2.45) is 0 Å². The lowest BCUT2D eigenvalue weighted by molar-refractivity contribution is -0.128. The van der Waals surface area contributed by atoms with Crippen LogP contribution in [0.3, 0.4) is 0 Å². The molecular formula is C14H20N2OS. The molecule has 18 heavy (non-hydrogen) atoms. The van der Waals surface area contributed by atoms with E-state index in [-0.39, 0.29) is 12.1 Å². The number of thioether (sulfide) groups is 1. The van der Waals surface area contributed by atoms with Crippen LogP contribution in [0.25, 0.3) is 0 Å². The fraction of sp³-hybridized carbons (Fsp3) is 0.500. The van der Waals surface area contributed by atoms with Gasteiger partial charge in [0.2, 0.25) is 5.91 Å². The van der Waals surface area contributed by atoms with Crippen molar-refractivity contribution in [1.82, 2.24) is 10.2 Å². The van der Waals surface area contributed by atoms with Crippen LogP contribution in [0.4, 0.5) is 0 Å². The highest BCUT2D eigenvalue weighted by Crippen LogP contribution is 2.25. The number of rotatable bonds is 5. The first-order valence-corrected chi connectivity index (χ1v) is 7.70. The molecule has 1 amide bonds. The van der Waals surface area contributed by atoms with E-state index in [1.807, 2.05) is 28.8 Å². The maximum Gasteiger partial charge on any atom is 0.238 e. The Labute approximate surface area is 113 Å². The second-order valence-corrected chi connectivity index (χ2v) is 5.56. The van der Waals surface area contributed by atoms with E-state index in [9.17, 15) is 4.79 Å². The van der Waals surface area contributed by atoms with Crippen LogP contribution < -0.4 is 5.32 Å². The molecular weight excluding hydrogens is 244 g/mol. The summed E-state index contributed by atoms with van der Waals surface area (Å²) in [6.07, 6.45) is 3.21. The van der Waals surface area contributed by atoms with Crippen molar-refractivity contribution in [2.75, 3.05) is 25.1 Å². The lowest BCUT2D eigenvalue weighted by atomic mass is 10.1. The molecule has 98 valence electrons. The molecule has 4 heteroatoms. The summed E-state index contributed by atoms with van der Waals surface area (Å²) >= 11 is 1.83. The normalized spacial score (nSPS) is 19.6. The molecule has 1 atom stereocenters. The molecule has 3 nitrogen and oxygen atoms in total. The molecule has 1 aromatic carbocycles. The maximum absolute atomic E-state index is 11.9. The number of nitrogens with one attached hydrogen (secondary N) is 1. The van der Waals surface area contributed by atoms with Crippen LogP contribution in [0.5, 0.6) is 0 Å². The van der Waals surface area contributed by atoms with E-state index < -0.39 is 0 Å². The zero-order chi connectivity index (χ0) is 13.0. The number of nitrogens with zero attached hydrogens (tertiary/aromatic N) is 1. The molecule has 1 unspecified atom stereocenters. The summed E-state index contributed by atoms with van der Waals surface area (Å²) in [5.74, 6) is 1.31. The Hall–Kier alpha value is -1.00. The van der Waals surface area contributed by atoms with E-state index >= 15 is 0 Å². The van der Waals surface area contributed by atoms with Crippen molar-refractivity contribution < 1.29 is 4.79 Å². The molecule has 0 radical (unpaired) electrons. The zero-order valence-electron chi connectivity index (χ0n) is 11.0. The van der Waals surface area contributed by atoms with Gasteiger partial charge in [-0.15, -0.1) is 0 Å². The van der Waals surface area contributed by atoms with Gasteiger partial charge in [-0.25, -0.2) is 0 Å². The number of aryl methyl sites for hydroxylation is 1. The van der Waals surface area contributed by atoms with Gasteiger partial charge < -0.3 is 4.90 Å². The molecule has 1 aromatic rings. The molecule has 0 aliphatic carbocycles. The monoisotopic (exact) mass is 264 g/mol. The van der Waals surface area contributed by atoms with Gasteiger partial charge in [0, 0.05) is 6.54 Å². The van der Waals surface area contributed by atoms with Gasteiger partial charge in [0.25, 0.3) is 0 Å². The molecule has 1 aliphatic rings. The smallest absolute Gasteiger partial charge is 0.238 e. The van der Waals surface area contributed by atoms with Gasteiger partial charge in [0.05, 0.1) is 6.54 Å². The predicted molar refractivity (Wildman–Crippen MR) is 76.6 cm³/mol. The van der Waals surface area contributed by atoms with Crippen molar-refractivity contribution in [3.05, 3.63) is 35.4 Å². The van der Waals surface area contributed by atoms with Gasteiger partial charge in [0.1, 0.15) is 6.17 Å². The summed E-state index contributed by atoms with van der Waals surface area (Å²) in [6, 6.07) is 8.27. The summed E-state index contributed by atoms with van der Waals surface area (Å²) in [5, 5.41) is 3.31. The van der Waals surface area contributed by atoms with Crippen LogP contribution >= 0.6 is 11.8 Å². The third-order valence-corrected chi connectivity index (χ3v) is 4.01. The van der Waals surface area contributed by atoms with Crippen LogP contribution in [0.1, 0.15) is 23.7 Å². The van der Waals surface area contributed by atoms with Crippen LogP contribution in [0, 0.1) is 6.92 Å². The summed E-state index contributed by atoms with van der Waals surface area (Å²) < 4.78 is 0. The molecule has 0 aromatic heterocycles. The standard InChI is InChI=1S/C14H20N2OS/c1-11-6-3-4-7-12(11)14-15-10-13(17)16(14)8-5-9-18-2/h3-4,6-7,14-15H,5,8-10H2,1-2H3. The van der Waals surface area contributed by atoms with E-state index in [1.54, 1.807) is 0 Å². The molecule has 1 N–H and O–H groups in total. The third-order valence-electron chi connectivity index (χ3n) is 3.31. The highest BCUT2D eigenvalue weighted by Gasteiger charge is 2.31. The lowest BCUT2D eigenvalue weighted by Crippen LogP contribution is -2.31. The minimum Gasteiger partial charge on any atom is -0.322 e. The Morgan fingerprint density at radius 1 is 1.44 bits per heavy atom. The number of hydrogen-bond donors (Lipinski definition) is 1. The van der Waals surface area contributed by atoms with Crippen LogP contribution in [-0.4, -0.2) is 35.9 Å². The second-order valence-electron chi connectivity index (χ2n) is 4.57. The average Bonchev–Trinajstić information content (AvgIpc) is 2.72. The van der Waals surface area contributed by atoms with E-state index in [0.717, 1.165) is 18.7 Å². The van der Waals surface area contributed by atoms with Crippen LogP contribution in [-0.2, 0) is 4.79 Å². The number of carbonyl (C=O) groups is 1. The number of carbonyl (C=O) groups excluding carboxylic acids is 1. The molecule has 0 bridgehead atoms. The van der Waals surface area contributed by atoms with E-state index in [0.29, 0.717) is 6.54 Å². The highest BCUT2D eigenvalue weighted by molar-refractivity contribution is 7.98. The summed E-state index contributed by atoms with van der Waals surface area (Å²) in [4.78, 5) is 13.9. The zero-order valence-corrected chi connectivity index (χ0v) is 11.8. The van der Waals surface area contributed by atoms with Gasteiger partial charge in [0.15, 0.2) is 0 Å². The Morgan fingerprint density at radius 3 is 2.94 bits per heavy atom. The van der Waals surface area contributed by atoms with Gasteiger partial charge in [-0.1, -0.05) is 24.3 Å². The molecule has 1 aliphatic heterocycles. The molecule has 1 fully saturated rings. The SMILES string of the molecule is CSCCCN1C(=O)CNC1c1ccccc1C. The molecule has 1 saturated heterocycles. The van der Waals surface area contributed by atoms with Crippen molar-refractivity contribution in [1.29, 1.82) is 0 Å². The largest absolute Gasteiger partial charge is 0.322 e. The Kier molecular flexibility index (Phi) is 4.66. The van der Waals surface area contributed by atoms with Gasteiger partial charge in [-0.3, -0.25) is 10.1 Å². The van der Waals surface area contributed by atoms with Crippen molar-refractivity contribution in [2.45, 2.75) is 19.5 Å². The van der Waals surface area contributed by atoms with E-state index in [4.69, 9.17) is 0 Å². The van der Waals surface area contributed by atoms with Crippen molar-refractivity contribution in [3.63, 3.8) is 0 Å². The molecule has 2 rings (SSSR count). The Bertz CT molecular complexity index is 422. The molecule has 0 saturated carbocycles. The first-order valence-electron chi connectivity index (χ1n) is 6.31. The van der Waals surface area contributed by atoms with Crippen LogP contribution in [0.2, 0.25) is 0 Å². The quantitative estimate of drug-likeness (QED) is 0.827. The number of amides is 1. The highest BCUT2D eigenvalue weighted by atomic mass is 32.2. The number of hydrogen-bond acceptors (Lipinski definition) is 3. The van der Waals surface area contributed by atoms with Crippen molar-refractivity contribution in [3.8, 4) is 0 Å². The topological polar surface area (TPSA) is 32.3 Å². The lowest BCUT2D eigenvalue weighted by Gasteiger charge is -2.25. The van der Waals surface area contributed by atoms with E-state index in [1.165, 1.54) is 11.1 Å². The summed E-state index contributed by atoms with van der Waals surface area (Å²) in [6.45, 7) is 3.39. The maximum atomic E-state index is 11.9. The molecule has 0 spiro atoms. The van der Waals surface area contributed by atoms with Crippen molar-refractivity contribution >= 4 is 17.7 Å². The fourth-order valence-electron chi connectivity index (χ4n) is 2.34. The van der Waals surface area contributed by atoms with E-state index in [2.05, 4.69) is 30.6 Å². The minimum atomic E-state index is 0.0561.